The lowest BCUT2D eigenvalue weighted by Crippen LogP contribution is -2.52. The summed E-state index contributed by atoms with van der Waals surface area (Å²) in [6.07, 6.45) is 1.30. The molecule has 1 atom stereocenters. The summed E-state index contributed by atoms with van der Waals surface area (Å²) in [5.41, 5.74) is 3.13. The highest BCUT2D eigenvalue weighted by atomic mass is 16.6. The standard InChI is InChI=1S/C27H24N4O6/c1-30(17-8-9-21(28-14-17)16-6-4-3-5-7-16)27(35)37-18-12-19-20(23(13-18)36-2)15-31(26(19)34)22-10-11-24(32)29-25(22)33/h3-9,12-14,22H,10-11,15H2,1-2H3,(H,29,32,33). The molecule has 1 fully saturated rings. The van der Waals surface area contributed by atoms with Crippen LogP contribution in [-0.2, 0) is 16.1 Å². The van der Waals surface area contributed by atoms with Crippen LogP contribution in [0, 0.1) is 0 Å². The maximum atomic E-state index is 13.2. The normalized spacial score (nSPS) is 16.8. The molecule has 0 radical (unpaired) electrons. The molecule has 3 heterocycles. The van der Waals surface area contributed by atoms with Gasteiger partial charge in [0.1, 0.15) is 17.5 Å². The van der Waals surface area contributed by atoms with E-state index in [9.17, 15) is 19.2 Å². The minimum Gasteiger partial charge on any atom is -0.496 e. The van der Waals surface area contributed by atoms with Crippen LogP contribution in [0.1, 0.15) is 28.8 Å². The first-order valence-corrected chi connectivity index (χ1v) is 11.7. The highest BCUT2D eigenvalue weighted by Gasteiger charge is 2.40. The number of piperidine rings is 1. The molecule has 3 aromatic rings. The van der Waals surface area contributed by atoms with Gasteiger partial charge in [-0.05, 0) is 24.6 Å². The number of pyridine rings is 1. The number of ether oxygens (including phenoxy) is 2. The third kappa shape index (κ3) is 4.61. The molecule has 0 spiro atoms. The Bertz CT molecular complexity index is 1390. The molecule has 0 bridgehead atoms. The van der Waals surface area contributed by atoms with Crippen LogP contribution in [0.15, 0.2) is 60.8 Å². The topological polar surface area (TPSA) is 118 Å². The van der Waals surface area contributed by atoms with Gasteiger partial charge < -0.3 is 14.4 Å². The number of methoxy groups -OCH3 is 1. The highest BCUT2D eigenvalue weighted by Crippen LogP contribution is 2.37. The molecule has 10 nitrogen and oxygen atoms in total. The van der Waals surface area contributed by atoms with Gasteiger partial charge in [0.25, 0.3) is 5.91 Å². The molecule has 1 saturated heterocycles. The summed E-state index contributed by atoms with van der Waals surface area (Å²) in [7, 11) is 3.01. The molecule has 1 aromatic heterocycles. The van der Waals surface area contributed by atoms with Crippen LogP contribution >= 0.6 is 0 Å². The molecule has 1 N–H and O–H groups in total. The zero-order valence-corrected chi connectivity index (χ0v) is 20.3. The van der Waals surface area contributed by atoms with E-state index in [1.165, 1.54) is 29.0 Å². The van der Waals surface area contributed by atoms with Crippen molar-refractivity contribution < 1.29 is 28.7 Å². The number of anilines is 1. The number of fused-ring (bicyclic) bond motifs is 1. The maximum Gasteiger partial charge on any atom is 0.419 e. The molecular weight excluding hydrogens is 476 g/mol. The predicted molar refractivity (Wildman–Crippen MR) is 133 cm³/mol. The van der Waals surface area contributed by atoms with Crippen molar-refractivity contribution in [1.82, 2.24) is 15.2 Å². The van der Waals surface area contributed by atoms with Crippen LogP contribution in [0.25, 0.3) is 11.3 Å². The van der Waals surface area contributed by atoms with E-state index >= 15 is 0 Å². The van der Waals surface area contributed by atoms with Crippen molar-refractivity contribution in [1.29, 1.82) is 0 Å². The molecule has 0 saturated carbocycles. The van der Waals surface area contributed by atoms with Crippen molar-refractivity contribution >= 4 is 29.5 Å². The number of amides is 4. The fourth-order valence-corrected chi connectivity index (χ4v) is 4.48. The van der Waals surface area contributed by atoms with Gasteiger partial charge in [0.2, 0.25) is 11.8 Å². The molecule has 2 aliphatic heterocycles. The average molecular weight is 501 g/mol. The van der Waals surface area contributed by atoms with Gasteiger partial charge in [0, 0.05) is 30.7 Å². The Hall–Kier alpha value is -4.73. The fourth-order valence-electron chi connectivity index (χ4n) is 4.48. The van der Waals surface area contributed by atoms with Gasteiger partial charge in [0.05, 0.1) is 36.8 Å². The monoisotopic (exact) mass is 500 g/mol. The number of hydrogen-bond acceptors (Lipinski definition) is 7. The van der Waals surface area contributed by atoms with Crippen LogP contribution in [-0.4, -0.2) is 53.9 Å². The highest BCUT2D eigenvalue weighted by molar-refractivity contribution is 6.06. The third-order valence-electron chi connectivity index (χ3n) is 6.49. The summed E-state index contributed by atoms with van der Waals surface area (Å²) in [6, 6.07) is 15.5. The van der Waals surface area contributed by atoms with E-state index in [0.29, 0.717) is 17.0 Å². The second kappa shape index (κ2) is 9.73. The molecule has 0 aliphatic carbocycles. The second-order valence-corrected chi connectivity index (χ2v) is 8.75. The van der Waals surface area contributed by atoms with Crippen LogP contribution in [0.4, 0.5) is 10.5 Å². The molecule has 5 rings (SSSR count). The van der Waals surface area contributed by atoms with Crippen molar-refractivity contribution in [2.24, 2.45) is 0 Å². The number of nitrogens with one attached hydrogen (secondary N) is 1. The summed E-state index contributed by atoms with van der Waals surface area (Å²) in [5.74, 6) is -0.766. The van der Waals surface area contributed by atoms with E-state index in [-0.39, 0.29) is 36.6 Å². The molecule has 10 heteroatoms. The molecule has 37 heavy (non-hydrogen) atoms. The Morgan fingerprint density at radius 2 is 1.89 bits per heavy atom. The molecule has 188 valence electrons. The number of imide groups is 1. The van der Waals surface area contributed by atoms with E-state index in [2.05, 4.69) is 10.3 Å². The quantitative estimate of drug-likeness (QED) is 0.535. The molecule has 1 unspecified atom stereocenters. The summed E-state index contributed by atoms with van der Waals surface area (Å²) < 4.78 is 11.0. The summed E-state index contributed by atoms with van der Waals surface area (Å²) in [5, 5.41) is 2.28. The van der Waals surface area contributed by atoms with Crippen molar-refractivity contribution in [2.45, 2.75) is 25.4 Å². The first kappa shape index (κ1) is 24.0. The van der Waals surface area contributed by atoms with E-state index in [1.54, 1.807) is 19.3 Å². The lowest BCUT2D eigenvalue weighted by atomic mass is 10.0. The Morgan fingerprint density at radius 3 is 2.57 bits per heavy atom. The largest absolute Gasteiger partial charge is 0.496 e. The number of aromatic nitrogens is 1. The van der Waals surface area contributed by atoms with E-state index in [0.717, 1.165) is 11.3 Å². The van der Waals surface area contributed by atoms with E-state index in [1.807, 2.05) is 36.4 Å². The molecule has 4 amide bonds. The molecule has 2 aromatic carbocycles. The van der Waals surface area contributed by atoms with Crippen LogP contribution in [0.2, 0.25) is 0 Å². The smallest absolute Gasteiger partial charge is 0.419 e. The summed E-state index contributed by atoms with van der Waals surface area (Å²) in [4.78, 5) is 57.1. The number of hydrogen-bond donors (Lipinski definition) is 1. The SMILES string of the molecule is COc1cc(OC(=O)N(C)c2ccc(-c3ccccc3)nc2)cc2c1CN(C1CCC(=O)NC1=O)C2=O. The molecule has 2 aliphatic rings. The Balaban J connectivity index is 1.33. The van der Waals surface area contributed by atoms with Gasteiger partial charge in [-0.15, -0.1) is 0 Å². The Kier molecular flexibility index (Phi) is 6.31. The van der Waals surface area contributed by atoms with Crippen LogP contribution in [0.5, 0.6) is 11.5 Å². The van der Waals surface area contributed by atoms with Gasteiger partial charge in [0.15, 0.2) is 0 Å². The summed E-state index contributed by atoms with van der Waals surface area (Å²) >= 11 is 0. The number of carbonyl (C=O) groups is 4. The molecular formula is C27H24N4O6. The lowest BCUT2D eigenvalue weighted by Gasteiger charge is -2.29. The van der Waals surface area contributed by atoms with Crippen molar-refractivity contribution in [3.63, 3.8) is 0 Å². The third-order valence-corrected chi connectivity index (χ3v) is 6.49. The zero-order valence-electron chi connectivity index (χ0n) is 20.3. The number of nitrogens with zero attached hydrogens (tertiary/aromatic N) is 3. The van der Waals surface area contributed by atoms with Crippen LogP contribution < -0.4 is 19.7 Å². The predicted octanol–water partition coefficient (Wildman–Crippen LogP) is 3.15. The maximum absolute atomic E-state index is 13.2. The van der Waals surface area contributed by atoms with Crippen molar-refractivity contribution in [3.8, 4) is 22.8 Å². The first-order chi connectivity index (χ1) is 17.9. The lowest BCUT2D eigenvalue weighted by molar-refractivity contribution is -0.136. The van der Waals surface area contributed by atoms with Crippen molar-refractivity contribution in [3.05, 3.63) is 71.9 Å². The van der Waals surface area contributed by atoms with Gasteiger partial charge in [-0.2, -0.15) is 0 Å². The van der Waals surface area contributed by atoms with Gasteiger partial charge >= 0.3 is 6.09 Å². The minimum absolute atomic E-state index is 0.125. The van der Waals surface area contributed by atoms with Gasteiger partial charge in [-0.3, -0.25) is 29.6 Å². The number of benzene rings is 2. The number of rotatable bonds is 5. The number of carbonyl (C=O) groups excluding carboxylic acids is 4. The Morgan fingerprint density at radius 1 is 1.11 bits per heavy atom. The van der Waals surface area contributed by atoms with Crippen LogP contribution in [0.3, 0.4) is 0 Å². The van der Waals surface area contributed by atoms with E-state index < -0.39 is 23.9 Å². The second-order valence-electron chi connectivity index (χ2n) is 8.75. The zero-order chi connectivity index (χ0) is 26.1. The average Bonchev–Trinajstić information content (AvgIpc) is 3.24. The van der Waals surface area contributed by atoms with E-state index in [4.69, 9.17) is 9.47 Å². The Labute approximate surface area is 212 Å². The fraction of sp³-hybridized carbons (Fsp3) is 0.222. The van der Waals surface area contributed by atoms with Crippen molar-refractivity contribution in [2.75, 3.05) is 19.1 Å². The van der Waals surface area contributed by atoms with Gasteiger partial charge in [-0.1, -0.05) is 30.3 Å². The summed E-state index contributed by atoms with van der Waals surface area (Å²) in [6.45, 7) is 0.150. The minimum atomic E-state index is -0.759. The van der Waals surface area contributed by atoms with Gasteiger partial charge in [-0.25, -0.2) is 4.79 Å². The first-order valence-electron chi connectivity index (χ1n) is 11.7.